The molecule has 0 N–H and O–H groups in total. The van der Waals surface area contributed by atoms with Crippen molar-refractivity contribution in [2.75, 3.05) is 26.8 Å². The fraction of sp³-hybridized carbons (Fsp3) is 0.882. The van der Waals surface area contributed by atoms with Crippen LogP contribution < -0.4 is 0 Å². The fourth-order valence-electron chi connectivity index (χ4n) is 3.96. The van der Waals surface area contributed by atoms with Gasteiger partial charge >= 0.3 is 0 Å². The Morgan fingerprint density at radius 3 is 1.19 bits per heavy atom. The lowest BCUT2D eigenvalue weighted by molar-refractivity contribution is -0.131. The summed E-state index contributed by atoms with van der Waals surface area (Å²) < 4.78 is 16.0. The molecule has 0 rings (SSSR count). The number of rotatable bonds is 29. The Balaban J connectivity index is 0. The maximum Gasteiger partial charge on any atom is 0.149 e. The number of hydrogen-bond acceptors (Lipinski definition) is 3. The Kier molecular flexibility index (Phi) is 41.5. The van der Waals surface area contributed by atoms with Crippen molar-refractivity contribution in [3.05, 3.63) is 24.3 Å². The lowest BCUT2D eigenvalue weighted by Crippen LogP contribution is -2.06. The van der Waals surface area contributed by atoms with E-state index in [1.54, 1.807) is 0 Å². The predicted molar refractivity (Wildman–Crippen MR) is 165 cm³/mol. The van der Waals surface area contributed by atoms with Gasteiger partial charge in [0.25, 0.3) is 0 Å². The number of ether oxygens (including phenoxy) is 3. The van der Waals surface area contributed by atoms with Crippen LogP contribution in [-0.4, -0.2) is 26.8 Å². The summed E-state index contributed by atoms with van der Waals surface area (Å²) in [5.41, 5.74) is 0. The normalized spacial score (nSPS) is 11.5. The molecule has 0 aliphatic carbocycles. The Hall–Kier alpha value is -0.640. The standard InChI is InChI=1S/C18H34.C16H34O3/c1-3-5-7-9-11-13-15-17-18-16-14-12-10-8-6-4-2;1-3-5-7-9-11-13-17-15-19-16-18-14-12-10-8-6-4-2/h5,7,10,12H,3-4,6,8-9,11,13-18H2,1-2H3;3-16H2,1-2H3/b7-5-,12-10-;. The van der Waals surface area contributed by atoms with Gasteiger partial charge in [-0.1, -0.05) is 142 Å². The predicted octanol–water partition coefficient (Wildman–Crippen LogP) is 11.7. The van der Waals surface area contributed by atoms with Crippen molar-refractivity contribution in [2.24, 2.45) is 0 Å². The van der Waals surface area contributed by atoms with Gasteiger partial charge in [-0.05, 0) is 51.4 Å². The molecule has 3 nitrogen and oxygen atoms in total. The van der Waals surface area contributed by atoms with Crippen LogP contribution in [-0.2, 0) is 14.2 Å². The molecular weight excluding hydrogens is 456 g/mol. The topological polar surface area (TPSA) is 27.7 Å². The zero-order chi connectivity index (χ0) is 27.3. The highest BCUT2D eigenvalue weighted by molar-refractivity contribution is 4.81. The van der Waals surface area contributed by atoms with Crippen molar-refractivity contribution in [3.63, 3.8) is 0 Å². The van der Waals surface area contributed by atoms with Crippen LogP contribution in [0.4, 0.5) is 0 Å². The SMILES string of the molecule is CC/C=C\CCCCCCCC/C=C\CCCC.CCCCCCCOCOCOCCCCCCC. The van der Waals surface area contributed by atoms with E-state index in [0.29, 0.717) is 13.6 Å². The second kappa shape index (κ2) is 39.9. The van der Waals surface area contributed by atoms with Crippen molar-refractivity contribution in [2.45, 2.75) is 169 Å². The second-order valence-corrected chi connectivity index (χ2v) is 10.3. The molecule has 37 heavy (non-hydrogen) atoms. The van der Waals surface area contributed by atoms with Crippen molar-refractivity contribution in [3.8, 4) is 0 Å². The molecule has 0 unspecified atom stereocenters. The molecule has 0 aromatic carbocycles. The van der Waals surface area contributed by atoms with Gasteiger partial charge in [0.05, 0.1) is 0 Å². The third-order valence-electron chi connectivity index (χ3n) is 6.40. The lowest BCUT2D eigenvalue weighted by atomic mass is 10.1. The molecule has 0 aliphatic heterocycles. The van der Waals surface area contributed by atoms with E-state index in [-0.39, 0.29) is 0 Å². The number of unbranched alkanes of at least 4 members (excludes halogenated alkanes) is 17. The molecule has 0 saturated heterocycles. The zero-order valence-corrected chi connectivity index (χ0v) is 25.9. The highest BCUT2D eigenvalue weighted by atomic mass is 16.7. The summed E-state index contributed by atoms with van der Waals surface area (Å²) in [6.07, 6.45) is 38.3. The van der Waals surface area contributed by atoms with Crippen molar-refractivity contribution >= 4 is 0 Å². The maximum absolute atomic E-state index is 5.37. The molecule has 0 aromatic heterocycles. The smallest absolute Gasteiger partial charge is 0.149 e. The average Bonchev–Trinajstić information content (AvgIpc) is 2.91. The van der Waals surface area contributed by atoms with Gasteiger partial charge < -0.3 is 14.2 Å². The Morgan fingerprint density at radius 2 is 0.730 bits per heavy atom. The van der Waals surface area contributed by atoms with E-state index in [4.69, 9.17) is 14.2 Å². The van der Waals surface area contributed by atoms with Crippen LogP contribution in [0.1, 0.15) is 169 Å². The molecule has 0 aromatic rings. The molecule has 0 heterocycles. The first-order valence-electron chi connectivity index (χ1n) is 16.4. The van der Waals surface area contributed by atoms with E-state index in [1.807, 2.05) is 0 Å². The van der Waals surface area contributed by atoms with Crippen LogP contribution in [0.3, 0.4) is 0 Å². The summed E-state index contributed by atoms with van der Waals surface area (Å²) in [6.45, 7) is 11.3. The quantitative estimate of drug-likeness (QED) is 0.0553. The Labute approximate surface area is 234 Å². The fourth-order valence-corrected chi connectivity index (χ4v) is 3.96. The first-order chi connectivity index (χ1) is 18.3. The Morgan fingerprint density at radius 1 is 0.351 bits per heavy atom. The molecule has 0 amide bonds. The van der Waals surface area contributed by atoms with Gasteiger partial charge in [0.2, 0.25) is 0 Å². The minimum atomic E-state index is 0.365. The molecule has 0 atom stereocenters. The van der Waals surface area contributed by atoms with Crippen LogP contribution in [0.25, 0.3) is 0 Å². The summed E-state index contributed by atoms with van der Waals surface area (Å²) in [5, 5.41) is 0. The van der Waals surface area contributed by atoms with Gasteiger partial charge in [0.1, 0.15) is 13.6 Å². The third kappa shape index (κ3) is 42.7. The highest BCUT2D eigenvalue weighted by Gasteiger charge is 1.93. The van der Waals surface area contributed by atoms with Crippen LogP contribution in [0.15, 0.2) is 24.3 Å². The minimum Gasteiger partial charge on any atom is -0.355 e. The first-order valence-corrected chi connectivity index (χ1v) is 16.4. The number of allylic oxidation sites excluding steroid dienone is 4. The van der Waals surface area contributed by atoms with Crippen LogP contribution in [0.2, 0.25) is 0 Å². The average molecular weight is 525 g/mol. The lowest BCUT2D eigenvalue weighted by Gasteiger charge is -2.07. The summed E-state index contributed by atoms with van der Waals surface area (Å²) in [7, 11) is 0. The highest BCUT2D eigenvalue weighted by Crippen LogP contribution is 2.10. The molecule has 0 aliphatic rings. The van der Waals surface area contributed by atoms with Gasteiger partial charge in [-0.3, -0.25) is 0 Å². The van der Waals surface area contributed by atoms with Crippen molar-refractivity contribution < 1.29 is 14.2 Å². The molecule has 0 spiro atoms. The van der Waals surface area contributed by atoms with E-state index in [0.717, 1.165) is 26.1 Å². The monoisotopic (exact) mass is 525 g/mol. The largest absolute Gasteiger partial charge is 0.355 e. The van der Waals surface area contributed by atoms with Crippen molar-refractivity contribution in [1.29, 1.82) is 0 Å². The zero-order valence-electron chi connectivity index (χ0n) is 25.9. The molecule has 3 heteroatoms. The third-order valence-corrected chi connectivity index (χ3v) is 6.40. The first kappa shape index (κ1) is 38.5. The summed E-state index contributed by atoms with van der Waals surface area (Å²) in [5.74, 6) is 0. The van der Waals surface area contributed by atoms with Gasteiger partial charge in [-0.15, -0.1) is 0 Å². The van der Waals surface area contributed by atoms with Gasteiger partial charge in [-0.2, -0.15) is 0 Å². The molecule has 0 bridgehead atoms. The van der Waals surface area contributed by atoms with Gasteiger partial charge in [0.15, 0.2) is 0 Å². The van der Waals surface area contributed by atoms with Crippen LogP contribution in [0.5, 0.6) is 0 Å². The van der Waals surface area contributed by atoms with E-state index < -0.39 is 0 Å². The van der Waals surface area contributed by atoms with E-state index in [9.17, 15) is 0 Å². The van der Waals surface area contributed by atoms with Crippen LogP contribution in [0, 0.1) is 0 Å². The second-order valence-electron chi connectivity index (χ2n) is 10.3. The molecule has 222 valence electrons. The van der Waals surface area contributed by atoms with Crippen molar-refractivity contribution in [1.82, 2.24) is 0 Å². The van der Waals surface area contributed by atoms with Gasteiger partial charge in [-0.25, -0.2) is 0 Å². The summed E-state index contributed by atoms with van der Waals surface area (Å²) >= 11 is 0. The molecule has 0 saturated carbocycles. The molecular formula is C34H68O3. The van der Waals surface area contributed by atoms with E-state index in [1.165, 1.54) is 128 Å². The van der Waals surface area contributed by atoms with E-state index >= 15 is 0 Å². The summed E-state index contributed by atoms with van der Waals surface area (Å²) in [6, 6.07) is 0. The summed E-state index contributed by atoms with van der Waals surface area (Å²) in [4.78, 5) is 0. The Bertz CT molecular complexity index is 403. The van der Waals surface area contributed by atoms with Crippen LogP contribution >= 0.6 is 0 Å². The van der Waals surface area contributed by atoms with Gasteiger partial charge in [0, 0.05) is 13.2 Å². The maximum atomic E-state index is 5.37. The molecule has 0 fully saturated rings. The number of hydrogen-bond donors (Lipinski definition) is 0. The molecule has 0 radical (unpaired) electrons. The van der Waals surface area contributed by atoms with E-state index in [2.05, 4.69) is 52.0 Å². The minimum absolute atomic E-state index is 0.365.